The molecule has 3 N–H and O–H groups in total. The quantitative estimate of drug-likeness (QED) is 0.502. The number of carbonyl (C=O) groups excluding carboxylic acids is 2. The summed E-state index contributed by atoms with van der Waals surface area (Å²) >= 11 is 0. The van der Waals surface area contributed by atoms with Crippen molar-refractivity contribution in [3.8, 4) is 11.5 Å². The summed E-state index contributed by atoms with van der Waals surface area (Å²) in [7, 11) is 0. The average molecular weight is 418 g/mol. The zero-order valence-corrected chi connectivity index (χ0v) is 17.9. The average Bonchev–Trinajstić information content (AvgIpc) is 2.73. The lowest BCUT2D eigenvalue weighted by Gasteiger charge is -2.20. The zero-order chi connectivity index (χ0) is 22.3. The van der Waals surface area contributed by atoms with Gasteiger partial charge in [0.05, 0.1) is 6.54 Å². The number of para-hydroxylation sites is 1. The number of ether oxygens (including phenoxy) is 1. The van der Waals surface area contributed by atoms with E-state index in [0.717, 1.165) is 17.2 Å². The van der Waals surface area contributed by atoms with Gasteiger partial charge in [0.2, 0.25) is 5.91 Å². The maximum absolute atomic E-state index is 12.2. The molecule has 0 saturated carbocycles. The molecular weight excluding hydrogens is 390 g/mol. The summed E-state index contributed by atoms with van der Waals surface area (Å²) in [5.41, 5.74) is 1.68. The van der Waals surface area contributed by atoms with E-state index in [1.54, 1.807) is 24.3 Å². The Kier molecular flexibility index (Phi) is 6.92. The Balaban J connectivity index is 1.47. The number of amides is 2. The number of benzene rings is 3. The summed E-state index contributed by atoms with van der Waals surface area (Å²) < 4.78 is 5.76. The van der Waals surface area contributed by atoms with Crippen LogP contribution in [0.3, 0.4) is 0 Å². The third-order valence-corrected chi connectivity index (χ3v) is 4.21. The number of anilines is 2. The van der Waals surface area contributed by atoms with Gasteiger partial charge in [0.15, 0.2) is 0 Å². The van der Waals surface area contributed by atoms with Gasteiger partial charge in [-0.2, -0.15) is 0 Å². The molecule has 0 aliphatic rings. The second kappa shape index (κ2) is 9.80. The monoisotopic (exact) mass is 417 g/mol. The molecule has 0 saturated heterocycles. The maximum Gasteiger partial charge on any atom is 0.251 e. The molecule has 160 valence electrons. The molecule has 2 amide bonds. The molecule has 6 nitrogen and oxygen atoms in total. The van der Waals surface area contributed by atoms with Crippen LogP contribution in [0.4, 0.5) is 11.4 Å². The van der Waals surface area contributed by atoms with E-state index >= 15 is 0 Å². The van der Waals surface area contributed by atoms with Crippen LogP contribution < -0.4 is 20.7 Å². The molecule has 3 aromatic carbocycles. The van der Waals surface area contributed by atoms with Gasteiger partial charge in [0, 0.05) is 22.5 Å². The van der Waals surface area contributed by atoms with E-state index in [-0.39, 0.29) is 23.9 Å². The van der Waals surface area contributed by atoms with Gasteiger partial charge in [0.1, 0.15) is 11.5 Å². The molecule has 0 heterocycles. The Labute approximate surface area is 182 Å². The lowest BCUT2D eigenvalue weighted by Crippen LogP contribution is -2.40. The van der Waals surface area contributed by atoms with Crippen LogP contribution >= 0.6 is 0 Å². The van der Waals surface area contributed by atoms with Gasteiger partial charge in [0.25, 0.3) is 5.91 Å². The highest BCUT2D eigenvalue weighted by atomic mass is 16.5. The number of nitrogens with one attached hydrogen (secondary N) is 3. The third kappa shape index (κ3) is 7.19. The molecular formula is C25H27N3O3. The normalized spacial score (nSPS) is 10.8. The van der Waals surface area contributed by atoms with Crippen molar-refractivity contribution < 1.29 is 14.3 Å². The summed E-state index contributed by atoms with van der Waals surface area (Å²) in [4.78, 5) is 24.4. The van der Waals surface area contributed by atoms with Gasteiger partial charge in [-0.1, -0.05) is 18.2 Å². The van der Waals surface area contributed by atoms with Gasteiger partial charge in [-0.05, 0) is 81.4 Å². The molecule has 0 bridgehead atoms. The minimum absolute atomic E-state index is 0.116. The number of rotatable bonds is 7. The van der Waals surface area contributed by atoms with Crippen molar-refractivity contribution in [3.63, 3.8) is 0 Å². The van der Waals surface area contributed by atoms with Crippen molar-refractivity contribution in [2.45, 2.75) is 26.3 Å². The van der Waals surface area contributed by atoms with Gasteiger partial charge >= 0.3 is 0 Å². The molecule has 3 aromatic rings. The Morgan fingerprint density at radius 2 is 1.35 bits per heavy atom. The molecule has 0 spiro atoms. The highest BCUT2D eigenvalue weighted by molar-refractivity contribution is 5.97. The minimum Gasteiger partial charge on any atom is -0.457 e. The molecule has 0 aliphatic heterocycles. The van der Waals surface area contributed by atoms with Crippen LogP contribution in [-0.4, -0.2) is 23.9 Å². The highest BCUT2D eigenvalue weighted by Gasteiger charge is 2.15. The van der Waals surface area contributed by atoms with Crippen LogP contribution in [0.1, 0.15) is 31.1 Å². The minimum atomic E-state index is -0.304. The fourth-order valence-electron chi connectivity index (χ4n) is 2.77. The zero-order valence-electron chi connectivity index (χ0n) is 17.9. The molecule has 0 aromatic heterocycles. The third-order valence-electron chi connectivity index (χ3n) is 4.21. The fraction of sp³-hybridized carbons (Fsp3) is 0.200. The molecule has 0 atom stereocenters. The summed E-state index contributed by atoms with van der Waals surface area (Å²) in [5.74, 6) is 1.16. The standard InChI is InChI=1S/C25H27N3O3/c1-25(2,3)28-24(30)18-9-11-20(12-10-18)27-23(29)17-26-19-13-15-22(16-14-19)31-21-7-5-4-6-8-21/h4-16,26H,17H2,1-3H3,(H,27,29)(H,28,30). The van der Waals surface area contributed by atoms with Crippen molar-refractivity contribution in [2.24, 2.45) is 0 Å². The summed E-state index contributed by atoms with van der Waals surface area (Å²) in [5, 5.41) is 8.80. The summed E-state index contributed by atoms with van der Waals surface area (Å²) in [6.45, 7) is 5.90. The maximum atomic E-state index is 12.2. The van der Waals surface area contributed by atoms with E-state index in [2.05, 4.69) is 16.0 Å². The van der Waals surface area contributed by atoms with Gasteiger partial charge < -0.3 is 20.7 Å². The Morgan fingerprint density at radius 3 is 1.97 bits per heavy atom. The molecule has 31 heavy (non-hydrogen) atoms. The smallest absolute Gasteiger partial charge is 0.251 e. The molecule has 3 rings (SSSR count). The van der Waals surface area contributed by atoms with E-state index in [1.165, 1.54) is 0 Å². The summed E-state index contributed by atoms with van der Waals surface area (Å²) in [6.07, 6.45) is 0. The van der Waals surface area contributed by atoms with Crippen molar-refractivity contribution in [1.82, 2.24) is 5.32 Å². The molecule has 0 fully saturated rings. The van der Waals surface area contributed by atoms with Crippen molar-refractivity contribution in [2.75, 3.05) is 17.2 Å². The predicted molar refractivity (Wildman–Crippen MR) is 124 cm³/mol. The summed E-state index contributed by atoms with van der Waals surface area (Å²) in [6, 6.07) is 23.7. The van der Waals surface area contributed by atoms with Crippen molar-refractivity contribution >= 4 is 23.2 Å². The van der Waals surface area contributed by atoms with Crippen molar-refractivity contribution in [3.05, 3.63) is 84.4 Å². The van der Waals surface area contributed by atoms with E-state index in [0.29, 0.717) is 11.3 Å². The Bertz CT molecular complexity index is 1010. The first-order valence-electron chi connectivity index (χ1n) is 10.1. The van der Waals surface area contributed by atoms with E-state index < -0.39 is 0 Å². The second-order valence-electron chi connectivity index (χ2n) is 8.12. The first-order valence-corrected chi connectivity index (χ1v) is 10.1. The molecule has 6 heteroatoms. The first kappa shape index (κ1) is 21.9. The fourth-order valence-corrected chi connectivity index (χ4v) is 2.77. The van der Waals surface area contributed by atoms with Crippen LogP contribution in [0.5, 0.6) is 11.5 Å². The van der Waals surface area contributed by atoms with Crippen LogP contribution in [0.25, 0.3) is 0 Å². The Hall–Kier alpha value is -3.80. The van der Waals surface area contributed by atoms with Crippen molar-refractivity contribution in [1.29, 1.82) is 0 Å². The lowest BCUT2D eigenvalue weighted by atomic mass is 10.1. The molecule has 0 unspecified atom stereocenters. The first-order chi connectivity index (χ1) is 14.8. The van der Waals surface area contributed by atoms with Crippen LogP contribution in [0, 0.1) is 0 Å². The SMILES string of the molecule is CC(C)(C)NC(=O)c1ccc(NC(=O)CNc2ccc(Oc3ccccc3)cc2)cc1. The van der Waals surface area contributed by atoms with Gasteiger partial charge in [-0.15, -0.1) is 0 Å². The van der Waals surface area contributed by atoms with E-state index in [1.807, 2.05) is 75.4 Å². The largest absolute Gasteiger partial charge is 0.457 e. The second-order valence-corrected chi connectivity index (χ2v) is 8.12. The van der Waals surface area contributed by atoms with Gasteiger partial charge in [-0.25, -0.2) is 0 Å². The number of hydrogen-bond donors (Lipinski definition) is 3. The topological polar surface area (TPSA) is 79.5 Å². The van der Waals surface area contributed by atoms with E-state index in [9.17, 15) is 9.59 Å². The lowest BCUT2D eigenvalue weighted by molar-refractivity contribution is -0.114. The molecule has 0 aliphatic carbocycles. The van der Waals surface area contributed by atoms with E-state index in [4.69, 9.17) is 4.74 Å². The van der Waals surface area contributed by atoms with Gasteiger partial charge in [-0.3, -0.25) is 9.59 Å². The van der Waals surface area contributed by atoms with Crippen LogP contribution in [-0.2, 0) is 4.79 Å². The highest BCUT2D eigenvalue weighted by Crippen LogP contribution is 2.22. The Morgan fingerprint density at radius 1 is 0.774 bits per heavy atom. The number of carbonyl (C=O) groups is 2. The van der Waals surface area contributed by atoms with Crippen LogP contribution in [0.2, 0.25) is 0 Å². The molecule has 0 radical (unpaired) electrons. The predicted octanol–water partition coefficient (Wildman–Crippen LogP) is 5.06. The number of hydrogen-bond acceptors (Lipinski definition) is 4. The van der Waals surface area contributed by atoms with Crippen LogP contribution in [0.15, 0.2) is 78.9 Å².